The normalized spacial score (nSPS) is 22.7. The van der Waals surface area contributed by atoms with E-state index in [9.17, 15) is 4.79 Å². The van der Waals surface area contributed by atoms with Crippen LogP contribution < -0.4 is 14.8 Å². The van der Waals surface area contributed by atoms with Crippen molar-refractivity contribution in [1.29, 1.82) is 0 Å². The maximum atomic E-state index is 12.4. The van der Waals surface area contributed by atoms with Crippen LogP contribution in [-0.4, -0.2) is 43.7 Å². The van der Waals surface area contributed by atoms with Crippen molar-refractivity contribution in [3.63, 3.8) is 0 Å². The van der Waals surface area contributed by atoms with Crippen LogP contribution in [0.15, 0.2) is 18.2 Å². The summed E-state index contributed by atoms with van der Waals surface area (Å²) in [7, 11) is 3.33. The first-order valence-corrected chi connectivity index (χ1v) is 8.42. The van der Waals surface area contributed by atoms with Crippen LogP contribution in [0.2, 0.25) is 0 Å². The summed E-state index contributed by atoms with van der Waals surface area (Å²) in [5.74, 6) is 1.76. The van der Waals surface area contributed by atoms with Gasteiger partial charge in [0.05, 0.1) is 20.3 Å². The Kier molecular flexibility index (Phi) is 4.76. The molecule has 1 aliphatic carbocycles. The van der Waals surface area contributed by atoms with Crippen LogP contribution >= 0.6 is 0 Å². The van der Waals surface area contributed by atoms with Crippen LogP contribution in [0.1, 0.15) is 44.2 Å². The summed E-state index contributed by atoms with van der Waals surface area (Å²) in [6, 6.07) is 6.45. The highest BCUT2D eigenvalue weighted by atomic mass is 16.5. The summed E-state index contributed by atoms with van der Waals surface area (Å²) in [6.45, 7) is 2.95. The van der Waals surface area contributed by atoms with E-state index in [1.54, 1.807) is 14.2 Å². The number of ether oxygens (including phenoxy) is 2. The smallest absolute Gasteiger partial charge is 0.237 e. The third kappa shape index (κ3) is 3.44. The lowest BCUT2D eigenvalue weighted by Gasteiger charge is -2.31. The van der Waals surface area contributed by atoms with Gasteiger partial charge in [-0.1, -0.05) is 6.07 Å². The van der Waals surface area contributed by atoms with Crippen molar-refractivity contribution in [2.24, 2.45) is 0 Å². The molecule has 1 aromatic carbocycles. The quantitative estimate of drug-likeness (QED) is 0.875. The molecule has 0 spiro atoms. The minimum absolute atomic E-state index is 0.116. The molecule has 0 bridgehead atoms. The van der Waals surface area contributed by atoms with Gasteiger partial charge in [0.25, 0.3) is 0 Å². The lowest BCUT2D eigenvalue weighted by molar-refractivity contribution is -0.126. The van der Waals surface area contributed by atoms with Gasteiger partial charge in [0, 0.05) is 23.7 Å². The molecule has 1 saturated heterocycles. The van der Waals surface area contributed by atoms with Crippen LogP contribution in [0, 0.1) is 0 Å². The average molecular weight is 318 g/mol. The molecular formula is C18H26N2O3. The zero-order valence-corrected chi connectivity index (χ0v) is 14.2. The van der Waals surface area contributed by atoms with E-state index in [4.69, 9.17) is 9.47 Å². The van der Waals surface area contributed by atoms with E-state index in [2.05, 4.69) is 16.3 Å². The molecule has 3 rings (SSSR count). The number of methoxy groups -OCH3 is 2. The van der Waals surface area contributed by atoms with Crippen molar-refractivity contribution in [3.8, 4) is 11.5 Å². The monoisotopic (exact) mass is 318 g/mol. The van der Waals surface area contributed by atoms with Crippen LogP contribution in [0.3, 0.4) is 0 Å². The van der Waals surface area contributed by atoms with E-state index in [0.29, 0.717) is 6.04 Å². The van der Waals surface area contributed by atoms with Crippen molar-refractivity contribution < 1.29 is 14.3 Å². The predicted molar refractivity (Wildman–Crippen MR) is 88.9 cm³/mol. The van der Waals surface area contributed by atoms with Gasteiger partial charge >= 0.3 is 0 Å². The van der Waals surface area contributed by atoms with Crippen molar-refractivity contribution in [2.45, 2.75) is 50.7 Å². The molecule has 2 atom stereocenters. The molecule has 5 nitrogen and oxygen atoms in total. The summed E-state index contributed by atoms with van der Waals surface area (Å²) in [5.41, 5.74) is 1.14. The summed E-state index contributed by atoms with van der Waals surface area (Å²) in [4.78, 5) is 14.7. The maximum Gasteiger partial charge on any atom is 0.237 e. The Labute approximate surface area is 137 Å². The van der Waals surface area contributed by atoms with Crippen LogP contribution in [0.4, 0.5) is 0 Å². The fourth-order valence-corrected chi connectivity index (χ4v) is 3.38. The Morgan fingerprint density at radius 2 is 2.04 bits per heavy atom. The molecule has 0 radical (unpaired) electrons. The highest BCUT2D eigenvalue weighted by Gasteiger charge is 2.36. The van der Waals surface area contributed by atoms with Gasteiger partial charge < -0.3 is 14.8 Å². The minimum Gasteiger partial charge on any atom is -0.497 e. The third-order valence-corrected chi connectivity index (χ3v) is 4.89. The van der Waals surface area contributed by atoms with Gasteiger partial charge in [0.1, 0.15) is 11.5 Å². The average Bonchev–Trinajstić information content (AvgIpc) is 3.26. The summed E-state index contributed by atoms with van der Waals surface area (Å²) in [5, 5.41) is 3.12. The molecule has 2 aliphatic rings. The van der Waals surface area contributed by atoms with Gasteiger partial charge in [0.15, 0.2) is 0 Å². The number of carbonyl (C=O) groups excluding carboxylic acids is 1. The molecule has 1 heterocycles. The van der Waals surface area contributed by atoms with Crippen LogP contribution in [-0.2, 0) is 4.79 Å². The number of nitrogens with zero attached hydrogens (tertiary/aromatic N) is 1. The number of amides is 1. The van der Waals surface area contributed by atoms with Gasteiger partial charge in [-0.05, 0) is 45.2 Å². The van der Waals surface area contributed by atoms with E-state index < -0.39 is 0 Å². The van der Waals surface area contributed by atoms with Gasteiger partial charge in [-0.3, -0.25) is 9.69 Å². The van der Waals surface area contributed by atoms with E-state index in [1.807, 2.05) is 19.1 Å². The number of hydrogen-bond donors (Lipinski definition) is 1. The highest BCUT2D eigenvalue weighted by Crippen LogP contribution is 2.39. The van der Waals surface area contributed by atoms with Crippen molar-refractivity contribution >= 4 is 5.91 Å². The Bertz CT molecular complexity index is 571. The summed E-state index contributed by atoms with van der Waals surface area (Å²) in [6.07, 6.45) is 4.38. The molecule has 1 aliphatic heterocycles. The van der Waals surface area contributed by atoms with Gasteiger partial charge in [-0.15, -0.1) is 0 Å². The second-order valence-electron chi connectivity index (χ2n) is 6.46. The van der Waals surface area contributed by atoms with Gasteiger partial charge in [0.2, 0.25) is 5.91 Å². The molecule has 1 aromatic rings. The molecule has 0 aromatic heterocycles. The van der Waals surface area contributed by atoms with E-state index in [-0.39, 0.29) is 18.0 Å². The molecular weight excluding hydrogens is 292 g/mol. The largest absolute Gasteiger partial charge is 0.497 e. The lowest BCUT2D eigenvalue weighted by atomic mass is 10.0. The first-order valence-electron chi connectivity index (χ1n) is 8.42. The lowest BCUT2D eigenvalue weighted by Crippen LogP contribution is -2.45. The van der Waals surface area contributed by atoms with Crippen molar-refractivity contribution in [1.82, 2.24) is 10.2 Å². The zero-order chi connectivity index (χ0) is 16.4. The fourth-order valence-electron chi connectivity index (χ4n) is 3.38. The van der Waals surface area contributed by atoms with E-state index in [1.165, 1.54) is 0 Å². The molecule has 1 N–H and O–H groups in total. The second-order valence-corrected chi connectivity index (χ2v) is 6.46. The first-order chi connectivity index (χ1) is 11.1. The van der Waals surface area contributed by atoms with Crippen molar-refractivity contribution in [2.75, 3.05) is 20.8 Å². The number of nitrogens with one attached hydrogen (secondary N) is 1. The number of benzene rings is 1. The maximum absolute atomic E-state index is 12.4. The van der Waals surface area contributed by atoms with Crippen molar-refractivity contribution in [3.05, 3.63) is 23.8 Å². The third-order valence-electron chi connectivity index (χ3n) is 4.89. The standard InChI is InChI=1S/C18H26N2O3/c1-12(18(21)19-13-6-7-13)20-10-4-5-16(20)15-9-8-14(22-2)11-17(15)23-3/h8-9,11-13,16H,4-7,10H2,1-3H3,(H,19,21)/t12-,16+/m0/s1. The number of carbonyl (C=O) groups is 1. The molecule has 23 heavy (non-hydrogen) atoms. The Hall–Kier alpha value is -1.75. The summed E-state index contributed by atoms with van der Waals surface area (Å²) < 4.78 is 10.8. The fraction of sp³-hybridized carbons (Fsp3) is 0.611. The van der Waals surface area contributed by atoms with Gasteiger partial charge in [-0.25, -0.2) is 0 Å². The first kappa shape index (κ1) is 16.1. The van der Waals surface area contributed by atoms with E-state index >= 15 is 0 Å². The molecule has 2 fully saturated rings. The molecule has 5 heteroatoms. The summed E-state index contributed by atoms with van der Waals surface area (Å²) >= 11 is 0. The number of likely N-dealkylation sites (tertiary alicyclic amines) is 1. The molecule has 126 valence electrons. The Morgan fingerprint density at radius 1 is 1.26 bits per heavy atom. The Morgan fingerprint density at radius 3 is 2.70 bits per heavy atom. The number of rotatable bonds is 6. The predicted octanol–water partition coefficient (Wildman–Crippen LogP) is 2.51. The topological polar surface area (TPSA) is 50.8 Å². The number of hydrogen-bond acceptors (Lipinski definition) is 4. The molecule has 1 amide bonds. The Balaban J connectivity index is 1.79. The molecule has 0 unspecified atom stereocenters. The van der Waals surface area contributed by atoms with Crippen LogP contribution in [0.5, 0.6) is 11.5 Å². The SMILES string of the molecule is COc1ccc([C@H]2CCCN2[C@@H](C)C(=O)NC2CC2)c(OC)c1. The minimum atomic E-state index is -0.116. The molecule has 1 saturated carbocycles. The second kappa shape index (κ2) is 6.79. The zero-order valence-electron chi connectivity index (χ0n) is 14.2. The highest BCUT2D eigenvalue weighted by molar-refractivity contribution is 5.82. The van der Waals surface area contributed by atoms with E-state index in [0.717, 1.165) is 49.3 Å². The van der Waals surface area contributed by atoms with Gasteiger partial charge in [-0.2, -0.15) is 0 Å². The van der Waals surface area contributed by atoms with Crippen LogP contribution in [0.25, 0.3) is 0 Å².